The molecule has 1 fully saturated rings. The molecule has 0 saturated heterocycles. The second-order valence-corrected chi connectivity index (χ2v) is 5.82. The molecular formula is C17H17FN2O3. The van der Waals surface area contributed by atoms with E-state index in [1.165, 1.54) is 12.1 Å². The maximum absolute atomic E-state index is 13.0. The molecule has 0 atom stereocenters. The Hall–Kier alpha value is -2.63. The number of hydrogen-bond donors (Lipinski definition) is 2. The summed E-state index contributed by atoms with van der Waals surface area (Å²) >= 11 is 0. The maximum Gasteiger partial charge on any atom is 0.273 e. The van der Waals surface area contributed by atoms with Crippen LogP contribution in [0.15, 0.2) is 34.7 Å². The average molecular weight is 316 g/mol. The third kappa shape index (κ3) is 2.84. The van der Waals surface area contributed by atoms with Gasteiger partial charge >= 0.3 is 0 Å². The van der Waals surface area contributed by atoms with Crippen LogP contribution in [0, 0.1) is 19.7 Å². The Bertz CT molecular complexity index is 761. The van der Waals surface area contributed by atoms with Crippen LogP contribution in [-0.2, 0) is 10.2 Å². The Labute approximate surface area is 132 Å². The summed E-state index contributed by atoms with van der Waals surface area (Å²) < 4.78 is 18.3. The van der Waals surface area contributed by atoms with E-state index in [-0.39, 0.29) is 11.7 Å². The van der Waals surface area contributed by atoms with E-state index < -0.39 is 11.3 Å². The highest BCUT2D eigenvalue weighted by Crippen LogP contribution is 2.48. The minimum atomic E-state index is -0.678. The Morgan fingerprint density at radius 3 is 2.30 bits per heavy atom. The lowest BCUT2D eigenvalue weighted by atomic mass is 9.95. The van der Waals surface area contributed by atoms with Crippen molar-refractivity contribution in [3.05, 3.63) is 58.8 Å². The van der Waals surface area contributed by atoms with Crippen LogP contribution in [0.1, 0.15) is 40.3 Å². The van der Waals surface area contributed by atoms with Crippen molar-refractivity contribution in [1.82, 2.24) is 10.9 Å². The predicted octanol–water partition coefficient (Wildman–Crippen LogP) is 2.53. The van der Waals surface area contributed by atoms with E-state index >= 15 is 0 Å². The Balaban J connectivity index is 1.66. The fourth-order valence-electron chi connectivity index (χ4n) is 2.70. The van der Waals surface area contributed by atoms with E-state index in [0.29, 0.717) is 29.9 Å². The lowest BCUT2D eigenvalue weighted by molar-refractivity contribution is -0.124. The van der Waals surface area contributed by atoms with Crippen molar-refractivity contribution in [2.45, 2.75) is 32.1 Å². The van der Waals surface area contributed by atoms with Gasteiger partial charge in [0.2, 0.25) is 5.91 Å². The summed E-state index contributed by atoms with van der Waals surface area (Å²) in [4.78, 5) is 24.5. The Morgan fingerprint density at radius 1 is 1.13 bits per heavy atom. The smallest absolute Gasteiger partial charge is 0.273 e. The van der Waals surface area contributed by atoms with Crippen molar-refractivity contribution < 1.29 is 18.4 Å². The zero-order chi connectivity index (χ0) is 16.6. The number of benzene rings is 1. The first-order valence-electron chi connectivity index (χ1n) is 7.36. The van der Waals surface area contributed by atoms with Crippen molar-refractivity contribution in [2.75, 3.05) is 0 Å². The third-order valence-electron chi connectivity index (χ3n) is 4.16. The molecule has 1 heterocycles. The molecule has 1 aromatic heterocycles. The number of hydrogen-bond acceptors (Lipinski definition) is 3. The molecule has 0 radical (unpaired) electrons. The normalized spacial score (nSPS) is 15.1. The summed E-state index contributed by atoms with van der Waals surface area (Å²) in [6, 6.07) is 7.49. The van der Waals surface area contributed by atoms with Crippen molar-refractivity contribution >= 4 is 11.8 Å². The molecule has 0 unspecified atom stereocenters. The van der Waals surface area contributed by atoms with Crippen LogP contribution in [0.5, 0.6) is 0 Å². The Kier molecular flexibility index (Phi) is 3.67. The van der Waals surface area contributed by atoms with Gasteiger partial charge in [-0.05, 0) is 50.5 Å². The second kappa shape index (κ2) is 5.53. The van der Waals surface area contributed by atoms with Gasteiger partial charge in [0, 0.05) is 0 Å². The third-order valence-corrected chi connectivity index (χ3v) is 4.16. The average Bonchev–Trinajstić information content (AvgIpc) is 3.25. The number of aryl methyl sites for hydroxylation is 2. The highest BCUT2D eigenvalue weighted by Gasteiger charge is 2.51. The number of hydrazine groups is 1. The fraction of sp³-hybridized carbons (Fsp3) is 0.294. The van der Waals surface area contributed by atoms with Gasteiger partial charge in [0.05, 0.1) is 11.0 Å². The molecule has 1 aromatic carbocycles. The molecule has 5 nitrogen and oxygen atoms in total. The number of carbonyl (C=O) groups excluding carboxylic acids is 2. The topological polar surface area (TPSA) is 71.3 Å². The predicted molar refractivity (Wildman–Crippen MR) is 81.1 cm³/mol. The highest BCUT2D eigenvalue weighted by atomic mass is 19.1. The first kappa shape index (κ1) is 15.3. The van der Waals surface area contributed by atoms with Crippen LogP contribution < -0.4 is 10.9 Å². The number of halogens is 1. The van der Waals surface area contributed by atoms with Crippen LogP contribution >= 0.6 is 0 Å². The van der Waals surface area contributed by atoms with Crippen LogP contribution in [0.4, 0.5) is 4.39 Å². The summed E-state index contributed by atoms with van der Waals surface area (Å²) in [6.07, 6.45) is 1.34. The van der Waals surface area contributed by atoms with E-state index in [2.05, 4.69) is 10.9 Å². The van der Waals surface area contributed by atoms with Crippen LogP contribution in [0.2, 0.25) is 0 Å². The molecule has 6 heteroatoms. The number of rotatable bonds is 3. The molecule has 2 aromatic rings. The zero-order valence-corrected chi connectivity index (χ0v) is 12.9. The molecule has 0 spiro atoms. The van der Waals surface area contributed by atoms with Gasteiger partial charge in [0.1, 0.15) is 17.3 Å². The number of carbonyl (C=O) groups is 2. The molecule has 1 aliphatic rings. The van der Waals surface area contributed by atoms with Crippen LogP contribution in [0.25, 0.3) is 0 Å². The van der Waals surface area contributed by atoms with E-state index in [1.807, 2.05) is 0 Å². The standard InChI is InChI=1S/C17H17FN2O3/c1-10-9-14(11(2)23-10)15(21)19-20-16(22)17(7-8-17)12-3-5-13(18)6-4-12/h3-6,9H,7-8H2,1-2H3,(H,19,21)(H,20,22). The SMILES string of the molecule is Cc1cc(C(=O)NNC(=O)C2(c3ccc(F)cc3)CC2)c(C)o1. The minimum Gasteiger partial charge on any atom is -0.466 e. The molecule has 1 aliphatic carbocycles. The van der Waals surface area contributed by atoms with E-state index in [9.17, 15) is 14.0 Å². The molecule has 1 saturated carbocycles. The molecule has 0 bridgehead atoms. The lowest BCUT2D eigenvalue weighted by Gasteiger charge is -2.16. The molecule has 3 rings (SSSR count). The first-order valence-corrected chi connectivity index (χ1v) is 7.36. The number of amides is 2. The van der Waals surface area contributed by atoms with Gasteiger partial charge in [-0.2, -0.15) is 0 Å². The van der Waals surface area contributed by atoms with Gasteiger partial charge in [-0.1, -0.05) is 12.1 Å². The van der Waals surface area contributed by atoms with E-state index in [4.69, 9.17) is 4.42 Å². The van der Waals surface area contributed by atoms with E-state index in [1.54, 1.807) is 32.0 Å². The first-order chi connectivity index (χ1) is 10.9. The van der Waals surface area contributed by atoms with Gasteiger partial charge in [0.25, 0.3) is 5.91 Å². The summed E-state index contributed by atoms with van der Waals surface area (Å²) in [5.74, 6) is 0.0554. The van der Waals surface area contributed by atoms with Crippen molar-refractivity contribution in [3.8, 4) is 0 Å². The van der Waals surface area contributed by atoms with Crippen molar-refractivity contribution in [3.63, 3.8) is 0 Å². The largest absolute Gasteiger partial charge is 0.466 e. The van der Waals surface area contributed by atoms with Crippen LogP contribution in [0.3, 0.4) is 0 Å². The van der Waals surface area contributed by atoms with Gasteiger partial charge in [-0.3, -0.25) is 20.4 Å². The van der Waals surface area contributed by atoms with E-state index in [0.717, 1.165) is 5.56 Å². The van der Waals surface area contributed by atoms with Crippen molar-refractivity contribution in [2.24, 2.45) is 0 Å². The summed E-state index contributed by atoms with van der Waals surface area (Å²) in [5, 5.41) is 0. The van der Waals surface area contributed by atoms with Gasteiger partial charge in [0.15, 0.2) is 0 Å². The summed E-state index contributed by atoms with van der Waals surface area (Å²) in [6.45, 7) is 3.43. The van der Waals surface area contributed by atoms with Gasteiger partial charge in [-0.15, -0.1) is 0 Å². The molecule has 120 valence electrons. The molecule has 0 aliphatic heterocycles. The molecule has 23 heavy (non-hydrogen) atoms. The molecule has 2 amide bonds. The monoisotopic (exact) mass is 316 g/mol. The molecule has 2 N–H and O–H groups in total. The number of furan rings is 1. The summed E-state index contributed by atoms with van der Waals surface area (Å²) in [5.41, 5.74) is 5.32. The number of nitrogens with one attached hydrogen (secondary N) is 2. The molecular weight excluding hydrogens is 299 g/mol. The minimum absolute atomic E-state index is 0.296. The fourth-order valence-corrected chi connectivity index (χ4v) is 2.70. The zero-order valence-electron chi connectivity index (χ0n) is 12.9. The lowest BCUT2D eigenvalue weighted by Crippen LogP contribution is -2.46. The highest BCUT2D eigenvalue weighted by molar-refractivity contribution is 5.98. The maximum atomic E-state index is 13.0. The summed E-state index contributed by atoms with van der Waals surface area (Å²) in [7, 11) is 0. The van der Waals surface area contributed by atoms with Gasteiger partial charge in [-0.25, -0.2) is 4.39 Å². The van der Waals surface area contributed by atoms with Gasteiger partial charge < -0.3 is 4.42 Å². The Morgan fingerprint density at radius 2 is 1.78 bits per heavy atom. The second-order valence-electron chi connectivity index (χ2n) is 5.82. The van der Waals surface area contributed by atoms with Crippen LogP contribution in [-0.4, -0.2) is 11.8 Å². The van der Waals surface area contributed by atoms with Crippen molar-refractivity contribution in [1.29, 1.82) is 0 Å². The quantitative estimate of drug-likeness (QED) is 0.855.